The normalized spacial score (nSPS) is 12.6. The van der Waals surface area contributed by atoms with Gasteiger partial charge in [-0.1, -0.05) is 372 Å². The van der Waals surface area contributed by atoms with E-state index in [2.05, 4.69) is 46.1 Å². The molecule has 1 N–H and O–H groups in total. The Bertz CT molecular complexity index is 1790. The second-order valence-electron chi connectivity index (χ2n) is 20.8. The van der Waals surface area contributed by atoms with Gasteiger partial charge in [0.15, 0.2) is 11.6 Å². The third-order valence-electron chi connectivity index (χ3n) is 13.7. The zero-order valence-electron chi connectivity index (χ0n) is 70.5. The molecule has 2 aromatic rings. The molecule has 7 nitrogen and oxygen atoms in total. The maximum absolute atomic E-state index is 10.8. The Morgan fingerprint density at radius 3 is 0.800 bits per heavy atom. The van der Waals surface area contributed by atoms with E-state index in [-0.39, 0.29) is 23.5 Å². The smallest absolute Gasteiger partial charge is 0.159 e. The molecule has 0 bridgehead atoms. The van der Waals surface area contributed by atoms with E-state index < -0.39 is 0 Å². The van der Waals surface area contributed by atoms with Crippen LogP contribution in [0.3, 0.4) is 0 Å². The lowest BCUT2D eigenvalue weighted by Crippen LogP contribution is -2.13. The summed E-state index contributed by atoms with van der Waals surface area (Å²) in [6, 6.07) is 19.5. The van der Waals surface area contributed by atoms with Crippen molar-refractivity contribution >= 4 is 34.7 Å². The molecule has 0 radical (unpaired) electrons. The number of ketones is 6. The van der Waals surface area contributed by atoms with Gasteiger partial charge in [0, 0.05) is 42.2 Å². The van der Waals surface area contributed by atoms with Gasteiger partial charge in [-0.2, -0.15) is 0 Å². The van der Waals surface area contributed by atoms with E-state index in [9.17, 15) is 28.8 Å². The van der Waals surface area contributed by atoms with Crippen molar-refractivity contribution in [1.82, 2.24) is 0 Å². The van der Waals surface area contributed by atoms with E-state index in [0.717, 1.165) is 55.9 Å². The molecule has 0 heterocycles. The molecule has 2 aromatic carbocycles. The lowest BCUT2D eigenvalue weighted by atomic mass is 9.87. The SMILES string of the molecule is C=C/C(=C\C)C(C)=O.C=C/C(C)=C\C.CC.CC.CC.CC.CC.CC.CC.CC.CC.CC(=O)C1CCCC1.CC(=O)C1CCCCC1.CC(=O)c1ccccc1.CC1CCCC1.CC1CCCCC1.CCC(=O)CC.CCC(C)=O.CCC(O)CC.Cc1ccccc1. The summed E-state index contributed by atoms with van der Waals surface area (Å²) in [7, 11) is 0. The van der Waals surface area contributed by atoms with Crippen LogP contribution < -0.4 is 0 Å². The summed E-state index contributed by atoms with van der Waals surface area (Å²) in [6.45, 7) is 73.3. The van der Waals surface area contributed by atoms with Crippen molar-refractivity contribution in [2.45, 2.75) is 389 Å². The van der Waals surface area contributed by atoms with Gasteiger partial charge in [-0.25, -0.2) is 0 Å². The van der Waals surface area contributed by atoms with Gasteiger partial charge in [0.05, 0.1) is 6.10 Å². The predicted octanol–water partition coefficient (Wildman–Crippen LogP) is 29.2. The number of hydrogen-bond donors (Lipinski definition) is 1. The Balaban J connectivity index is -0.0000000620. The lowest BCUT2D eigenvalue weighted by molar-refractivity contribution is -0.122. The minimum atomic E-state index is -0.0648. The Kier molecular flexibility index (Phi) is 152. The highest BCUT2D eigenvalue weighted by molar-refractivity contribution is 5.95. The third kappa shape index (κ3) is 120. The Morgan fingerprint density at radius 1 is 0.432 bits per heavy atom. The third-order valence-corrected chi connectivity index (χ3v) is 13.7. The first kappa shape index (κ1) is 124. The van der Waals surface area contributed by atoms with Crippen molar-refractivity contribution in [3.05, 3.63) is 120 Å². The van der Waals surface area contributed by atoms with Gasteiger partial charge in [-0.3, -0.25) is 24.0 Å². The quantitative estimate of drug-likeness (QED) is 0.135. The molecule has 0 aromatic heterocycles. The van der Waals surface area contributed by atoms with Gasteiger partial charge >= 0.3 is 0 Å². The maximum Gasteiger partial charge on any atom is 0.159 e. The van der Waals surface area contributed by atoms with Crippen LogP contribution in [0.2, 0.25) is 0 Å². The Hall–Kier alpha value is -4.62. The fourth-order valence-electron chi connectivity index (χ4n) is 7.61. The van der Waals surface area contributed by atoms with Crippen LogP contribution >= 0.6 is 0 Å². The second kappa shape index (κ2) is 117. The number of carbonyl (C=O) groups excluding carboxylic acids is 6. The molecule has 4 aliphatic rings. The molecule has 0 unspecified atom stereocenters. The molecule has 0 aliphatic heterocycles. The van der Waals surface area contributed by atoms with Crippen LogP contribution in [-0.2, 0) is 24.0 Å². The number of aryl methyl sites for hydroxylation is 1. The van der Waals surface area contributed by atoms with Gasteiger partial charge in [0.2, 0.25) is 0 Å². The number of carbonyl (C=O) groups is 6. The van der Waals surface area contributed by atoms with E-state index in [4.69, 9.17) is 5.11 Å². The summed E-state index contributed by atoms with van der Waals surface area (Å²) in [5.74, 6) is 4.50. The minimum Gasteiger partial charge on any atom is -0.393 e. The molecule has 4 aliphatic carbocycles. The molecule has 4 fully saturated rings. The highest BCUT2D eigenvalue weighted by Gasteiger charge is 2.18. The van der Waals surface area contributed by atoms with Crippen LogP contribution in [0.1, 0.15) is 392 Å². The van der Waals surface area contributed by atoms with Crippen LogP contribution in [0, 0.1) is 30.6 Å². The van der Waals surface area contributed by atoms with Gasteiger partial charge in [0.25, 0.3) is 0 Å². The van der Waals surface area contributed by atoms with E-state index in [1.165, 1.54) is 108 Å². The summed E-state index contributed by atoms with van der Waals surface area (Å²) in [4.78, 5) is 62.5. The van der Waals surface area contributed by atoms with Crippen molar-refractivity contribution in [2.75, 3.05) is 0 Å². The zero-order chi connectivity index (χ0) is 77.8. The molecule has 0 spiro atoms. The summed E-state index contributed by atoms with van der Waals surface area (Å²) in [5.41, 5.74) is 4.01. The molecule has 0 saturated heterocycles. The van der Waals surface area contributed by atoms with Crippen molar-refractivity contribution in [2.24, 2.45) is 23.7 Å². The van der Waals surface area contributed by atoms with Crippen LogP contribution in [-0.4, -0.2) is 45.9 Å². The summed E-state index contributed by atoms with van der Waals surface area (Å²) >= 11 is 0. The molecule has 7 heteroatoms. The van der Waals surface area contributed by atoms with E-state index in [0.29, 0.717) is 54.0 Å². The first-order valence-electron chi connectivity index (χ1n) is 38.8. The fraction of sp³-hybridized carbons (Fsp3) is 0.705. The molecule has 0 atom stereocenters. The molecule has 0 amide bonds. The Morgan fingerprint density at radius 2 is 0.705 bits per heavy atom. The first-order chi connectivity index (χ1) is 45.5. The van der Waals surface area contributed by atoms with E-state index in [1.54, 1.807) is 39.8 Å². The van der Waals surface area contributed by atoms with Gasteiger partial charge in [-0.15, -0.1) is 0 Å². The molecule has 95 heavy (non-hydrogen) atoms. The van der Waals surface area contributed by atoms with Gasteiger partial charge in [0.1, 0.15) is 23.1 Å². The highest BCUT2D eigenvalue weighted by atomic mass is 16.3. The monoisotopic (exact) mass is 1340 g/mol. The molecule has 6 rings (SSSR count). The second-order valence-corrected chi connectivity index (χ2v) is 20.8. The van der Waals surface area contributed by atoms with Crippen LogP contribution in [0.5, 0.6) is 0 Å². The molecule has 566 valence electrons. The predicted molar refractivity (Wildman–Crippen MR) is 437 cm³/mol. The van der Waals surface area contributed by atoms with Crippen molar-refractivity contribution in [1.29, 1.82) is 0 Å². The minimum absolute atomic E-state index is 0.0648. The van der Waals surface area contributed by atoms with Crippen molar-refractivity contribution < 1.29 is 33.9 Å². The summed E-state index contributed by atoms with van der Waals surface area (Å²) in [5, 5.41) is 8.67. The highest BCUT2D eigenvalue weighted by Crippen LogP contribution is 2.26. The fourth-order valence-corrected chi connectivity index (χ4v) is 7.61. The van der Waals surface area contributed by atoms with Crippen LogP contribution in [0.15, 0.2) is 109 Å². The largest absolute Gasteiger partial charge is 0.393 e. The lowest BCUT2D eigenvalue weighted by Gasteiger charge is -2.17. The molecule has 4 saturated carbocycles. The van der Waals surface area contributed by atoms with Crippen molar-refractivity contribution in [3.8, 4) is 0 Å². The standard InChI is InChI=1S/C8H14O.C8H8O.C7H12O.C7H10O.C7H14.C7H8.C6H12.C6H10.C5H12O.C5H10O.C4H8O.9C2H6/c2*1-7(9)8-5-3-2-4-6-8;1-6(8)7-4-2-3-5-7;1-4-7(5-2)6(3)8;2*1-7-5-3-2-4-6-7;1-6-4-2-3-5-6;1-4-6(3)5-2;2*1-3-5(6)4-2;1-3-4(2)5;9*1-2/h8H,2-6H2,1H3;2-6H,1H3;7H,2-5H2,1H3;4-5H,1H2,2-3H3;7H,2-6H2,1H3;2-6H,1H3;6H,2-5H2,1H3;4-5H,1H2,2-3H3;5-6H,3-4H2,1-2H3;3-4H2,1-2H3;3H2,1-2H3;9*1-2H3/b;;;7-5+;;;;6-5-;;;;;;;;;;;;. The van der Waals surface area contributed by atoms with Crippen LogP contribution in [0.4, 0.5) is 0 Å². The number of Topliss-reactive ketones (excluding diaryl/α,β-unsaturated/α-hetero) is 6. The first-order valence-corrected chi connectivity index (χ1v) is 38.8. The summed E-state index contributed by atoms with van der Waals surface area (Å²) < 4.78 is 0. The number of allylic oxidation sites excluding steroid dienone is 6. The van der Waals surface area contributed by atoms with Crippen LogP contribution in [0.25, 0.3) is 0 Å². The topological polar surface area (TPSA) is 123 Å². The number of aliphatic hydroxyl groups excluding tert-OH is 1. The van der Waals surface area contributed by atoms with Crippen molar-refractivity contribution in [3.63, 3.8) is 0 Å². The van der Waals surface area contributed by atoms with Gasteiger partial charge < -0.3 is 9.90 Å². The van der Waals surface area contributed by atoms with Gasteiger partial charge in [-0.05, 0) is 113 Å². The average molecular weight is 1340 g/mol. The number of aliphatic hydroxyl groups is 1. The zero-order valence-corrected chi connectivity index (χ0v) is 70.5. The number of rotatable bonds is 11. The average Bonchev–Trinajstić information content (AvgIpc) is 4.03. The number of benzene rings is 2. The number of hydrogen-bond acceptors (Lipinski definition) is 7. The maximum atomic E-state index is 10.8. The molecular weight excluding hydrogens is 1170 g/mol. The van der Waals surface area contributed by atoms with E-state index >= 15 is 0 Å². The molecular formula is C88H172O7. The summed E-state index contributed by atoms with van der Waals surface area (Å²) in [6.07, 6.45) is 35.3. The Labute approximate surface area is 598 Å². The van der Waals surface area contributed by atoms with E-state index in [1.807, 2.05) is 241 Å².